The van der Waals surface area contributed by atoms with Crippen LogP contribution in [-0.4, -0.2) is 0 Å². The summed E-state index contributed by atoms with van der Waals surface area (Å²) in [6.45, 7) is 0. The second-order valence-electron chi connectivity index (χ2n) is 3.04. The van der Waals surface area contributed by atoms with Crippen LogP contribution in [0, 0.1) is 0 Å². The van der Waals surface area contributed by atoms with Gasteiger partial charge in [0.25, 0.3) is 0 Å². The summed E-state index contributed by atoms with van der Waals surface area (Å²) >= 11 is 0. The number of benzene rings is 1. The molecule has 0 aliphatic heterocycles. The van der Waals surface area contributed by atoms with E-state index in [1.807, 2.05) is 0 Å². The van der Waals surface area contributed by atoms with Crippen molar-refractivity contribution in [2.75, 3.05) is 0 Å². The Hall–Kier alpha value is -0.820. The molecule has 0 saturated heterocycles. The predicted octanol–water partition coefficient (Wildman–Crippen LogP) is 3.12. The molecular formula is C10H15N. The van der Waals surface area contributed by atoms with E-state index in [1.54, 1.807) is 0 Å². The molecule has 2 rings (SSSR count). The third-order valence-corrected chi connectivity index (χ3v) is 2.38. The lowest BCUT2D eigenvalue weighted by Gasteiger charge is -2.25. The maximum atomic E-state index is 2.24. The van der Waals surface area contributed by atoms with Gasteiger partial charge in [0, 0.05) is 0 Å². The number of hydrogen-bond donors (Lipinski definition) is 1. The highest BCUT2D eigenvalue weighted by Crippen LogP contribution is 2.35. The maximum Gasteiger partial charge on any atom is -0.0162 e. The Morgan fingerprint density at radius 2 is 1.64 bits per heavy atom. The van der Waals surface area contributed by atoms with Crippen molar-refractivity contribution in [3.63, 3.8) is 0 Å². The van der Waals surface area contributed by atoms with E-state index in [-0.39, 0.29) is 6.15 Å². The van der Waals surface area contributed by atoms with Crippen LogP contribution < -0.4 is 6.15 Å². The van der Waals surface area contributed by atoms with Gasteiger partial charge in [-0.05, 0) is 24.3 Å². The number of hydrogen-bond acceptors (Lipinski definition) is 1. The molecule has 0 aromatic heterocycles. The monoisotopic (exact) mass is 149 g/mol. The first kappa shape index (κ1) is 8.28. The van der Waals surface area contributed by atoms with Crippen molar-refractivity contribution in [1.82, 2.24) is 6.15 Å². The van der Waals surface area contributed by atoms with Gasteiger partial charge in [0.1, 0.15) is 0 Å². The van der Waals surface area contributed by atoms with E-state index in [0.717, 1.165) is 5.92 Å². The predicted molar refractivity (Wildman–Crippen MR) is 48.1 cm³/mol. The minimum Gasteiger partial charge on any atom is -0.344 e. The molecular weight excluding hydrogens is 134 g/mol. The smallest absolute Gasteiger partial charge is 0.0162 e. The van der Waals surface area contributed by atoms with E-state index in [4.69, 9.17) is 0 Å². The summed E-state index contributed by atoms with van der Waals surface area (Å²) in [7, 11) is 0. The van der Waals surface area contributed by atoms with Crippen molar-refractivity contribution in [2.24, 2.45) is 0 Å². The highest BCUT2D eigenvalue weighted by Gasteiger charge is 2.18. The topological polar surface area (TPSA) is 35.0 Å². The fourth-order valence-electron chi connectivity index (χ4n) is 1.47. The van der Waals surface area contributed by atoms with Crippen molar-refractivity contribution in [3.8, 4) is 0 Å². The molecule has 1 aromatic rings. The lowest BCUT2D eigenvalue weighted by atomic mass is 9.80. The van der Waals surface area contributed by atoms with Gasteiger partial charge in [0.2, 0.25) is 0 Å². The lowest BCUT2D eigenvalue weighted by Crippen LogP contribution is -2.07. The van der Waals surface area contributed by atoms with Gasteiger partial charge in [-0.15, -0.1) is 0 Å². The number of rotatable bonds is 1. The zero-order chi connectivity index (χ0) is 6.81. The highest BCUT2D eigenvalue weighted by atomic mass is 14.2. The van der Waals surface area contributed by atoms with Gasteiger partial charge in [-0.2, -0.15) is 0 Å². The normalized spacial score (nSPS) is 16.7. The molecule has 1 aliphatic carbocycles. The van der Waals surface area contributed by atoms with E-state index in [1.165, 1.54) is 24.8 Å². The van der Waals surface area contributed by atoms with Gasteiger partial charge in [-0.25, -0.2) is 0 Å². The van der Waals surface area contributed by atoms with Crippen LogP contribution in [0.1, 0.15) is 30.7 Å². The van der Waals surface area contributed by atoms with Crippen molar-refractivity contribution in [3.05, 3.63) is 35.9 Å². The highest BCUT2D eigenvalue weighted by molar-refractivity contribution is 5.20. The molecule has 0 heterocycles. The van der Waals surface area contributed by atoms with Crippen LogP contribution in [0.25, 0.3) is 0 Å². The molecule has 1 fully saturated rings. The molecule has 0 radical (unpaired) electrons. The van der Waals surface area contributed by atoms with Crippen LogP contribution in [-0.2, 0) is 0 Å². The summed E-state index contributed by atoms with van der Waals surface area (Å²) in [5.41, 5.74) is 1.54. The molecule has 1 aromatic carbocycles. The first-order valence-corrected chi connectivity index (χ1v) is 4.02. The van der Waals surface area contributed by atoms with Crippen LogP contribution in [0.15, 0.2) is 30.3 Å². The SMILES string of the molecule is N.c1ccc(C2CCC2)cc1. The Labute approximate surface area is 68.0 Å². The van der Waals surface area contributed by atoms with E-state index < -0.39 is 0 Å². The second-order valence-corrected chi connectivity index (χ2v) is 3.04. The molecule has 0 amide bonds. The van der Waals surface area contributed by atoms with Crippen molar-refractivity contribution in [2.45, 2.75) is 25.2 Å². The van der Waals surface area contributed by atoms with Gasteiger partial charge in [-0.1, -0.05) is 36.8 Å². The Morgan fingerprint density at radius 1 is 1.00 bits per heavy atom. The fourth-order valence-corrected chi connectivity index (χ4v) is 1.47. The summed E-state index contributed by atoms with van der Waals surface area (Å²) in [6.07, 6.45) is 4.24. The quantitative estimate of drug-likeness (QED) is 0.654. The average molecular weight is 149 g/mol. The minimum absolute atomic E-state index is 0. The van der Waals surface area contributed by atoms with E-state index in [9.17, 15) is 0 Å². The Balaban J connectivity index is 0.000000605. The molecule has 1 aliphatic rings. The van der Waals surface area contributed by atoms with E-state index in [0.29, 0.717) is 0 Å². The fraction of sp³-hybridized carbons (Fsp3) is 0.400. The molecule has 1 heteroatoms. The van der Waals surface area contributed by atoms with Crippen LogP contribution in [0.3, 0.4) is 0 Å². The minimum atomic E-state index is 0. The zero-order valence-corrected chi connectivity index (χ0v) is 6.79. The van der Waals surface area contributed by atoms with Crippen molar-refractivity contribution >= 4 is 0 Å². The molecule has 60 valence electrons. The molecule has 3 N–H and O–H groups in total. The molecule has 0 unspecified atom stereocenters. The first-order chi connectivity index (χ1) is 4.97. The maximum absolute atomic E-state index is 2.24. The van der Waals surface area contributed by atoms with Crippen LogP contribution in [0.5, 0.6) is 0 Å². The van der Waals surface area contributed by atoms with Gasteiger partial charge in [-0.3, -0.25) is 0 Å². The van der Waals surface area contributed by atoms with Gasteiger partial charge >= 0.3 is 0 Å². The average Bonchev–Trinajstić information content (AvgIpc) is 1.86. The summed E-state index contributed by atoms with van der Waals surface area (Å²) in [4.78, 5) is 0. The molecule has 0 spiro atoms. The van der Waals surface area contributed by atoms with Crippen molar-refractivity contribution in [1.29, 1.82) is 0 Å². The third-order valence-electron chi connectivity index (χ3n) is 2.38. The van der Waals surface area contributed by atoms with Crippen LogP contribution in [0.4, 0.5) is 0 Å². The van der Waals surface area contributed by atoms with E-state index in [2.05, 4.69) is 30.3 Å². The molecule has 1 saturated carbocycles. The standard InChI is InChI=1S/C10H12.H3N/c1-2-5-9(6-3-1)10-7-4-8-10;/h1-3,5-6,10H,4,7-8H2;1H3. The zero-order valence-electron chi connectivity index (χ0n) is 6.79. The summed E-state index contributed by atoms with van der Waals surface area (Å²) in [5.74, 6) is 0.890. The second kappa shape index (κ2) is 3.54. The first-order valence-electron chi connectivity index (χ1n) is 4.02. The van der Waals surface area contributed by atoms with Crippen LogP contribution in [0.2, 0.25) is 0 Å². The van der Waals surface area contributed by atoms with E-state index >= 15 is 0 Å². The van der Waals surface area contributed by atoms with Crippen molar-refractivity contribution < 1.29 is 0 Å². The summed E-state index contributed by atoms with van der Waals surface area (Å²) in [5, 5.41) is 0. The lowest BCUT2D eigenvalue weighted by molar-refractivity contribution is 0.420. The molecule has 11 heavy (non-hydrogen) atoms. The third kappa shape index (κ3) is 1.60. The van der Waals surface area contributed by atoms with Gasteiger partial charge < -0.3 is 6.15 Å². The molecule has 1 nitrogen and oxygen atoms in total. The summed E-state index contributed by atoms with van der Waals surface area (Å²) in [6, 6.07) is 10.8. The van der Waals surface area contributed by atoms with Gasteiger partial charge in [0.05, 0.1) is 0 Å². The Morgan fingerprint density at radius 3 is 2.09 bits per heavy atom. The largest absolute Gasteiger partial charge is 0.344 e. The molecule has 0 bridgehead atoms. The Bertz CT molecular complexity index is 201. The van der Waals surface area contributed by atoms with Gasteiger partial charge in [0.15, 0.2) is 0 Å². The van der Waals surface area contributed by atoms with Crippen LogP contribution >= 0.6 is 0 Å². The molecule has 0 atom stereocenters. The Kier molecular flexibility index (Phi) is 2.66. The summed E-state index contributed by atoms with van der Waals surface area (Å²) < 4.78 is 0.